The van der Waals surface area contributed by atoms with E-state index in [1.165, 1.54) is 4.90 Å². The van der Waals surface area contributed by atoms with Gasteiger partial charge in [0.15, 0.2) is 0 Å². The van der Waals surface area contributed by atoms with Crippen LogP contribution < -0.4 is 5.32 Å². The summed E-state index contributed by atoms with van der Waals surface area (Å²) < 4.78 is 0. The van der Waals surface area contributed by atoms with Crippen LogP contribution in [0.4, 0.5) is 10.6 Å². The zero-order valence-electron chi connectivity index (χ0n) is 11.5. The van der Waals surface area contributed by atoms with Crippen LogP contribution in [0.25, 0.3) is 0 Å². The molecule has 1 aliphatic rings. The van der Waals surface area contributed by atoms with Crippen LogP contribution in [0.3, 0.4) is 0 Å². The number of aryl methyl sites for hydroxylation is 1. The molecule has 7 heteroatoms. The molecule has 0 bridgehead atoms. The lowest BCUT2D eigenvalue weighted by Gasteiger charge is -2.34. The van der Waals surface area contributed by atoms with Crippen molar-refractivity contribution in [1.29, 1.82) is 0 Å². The number of urea groups is 1. The monoisotopic (exact) mass is 278 g/mol. The highest BCUT2D eigenvalue weighted by Crippen LogP contribution is 2.22. The van der Waals surface area contributed by atoms with E-state index in [1.54, 1.807) is 19.2 Å². The maximum atomic E-state index is 12.2. The molecule has 0 aromatic carbocycles. The summed E-state index contributed by atoms with van der Waals surface area (Å²) in [5.41, 5.74) is 0. The van der Waals surface area contributed by atoms with Gasteiger partial charge in [0.2, 0.25) is 0 Å². The molecular formula is C13H18N4O3. The number of carboxylic acids is 1. The van der Waals surface area contributed by atoms with Gasteiger partial charge in [-0.2, -0.15) is 0 Å². The van der Waals surface area contributed by atoms with E-state index in [-0.39, 0.29) is 18.5 Å². The zero-order valence-corrected chi connectivity index (χ0v) is 11.5. The van der Waals surface area contributed by atoms with Crippen molar-refractivity contribution in [1.82, 2.24) is 14.9 Å². The van der Waals surface area contributed by atoms with Crippen LogP contribution in [0.1, 0.15) is 19.2 Å². The maximum absolute atomic E-state index is 12.2. The second-order valence-electron chi connectivity index (χ2n) is 5.20. The Bertz CT molecular complexity index is 520. The largest absolute Gasteiger partial charge is 0.481 e. The van der Waals surface area contributed by atoms with Gasteiger partial charge in [0.1, 0.15) is 11.6 Å². The molecule has 0 radical (unpaired) electrons. The number of aliphatic carboxylic acids is 1. The van der Waals surface area contributed by atoms with Crippen molar-refractivity contribution in [2.75, 3.05) is 18.4 Å². The van der Waals surface area contributed by atoms with Crippen molar-refractivity contribution in [3.63, 3.8) is 0 Å². The average molecular weight is 278 g/mol. The van der Waals surface area contributed by atoms with Gasteiger partial charge in [0.25, 0.3) is 0 Å². The Hall–Kier alpha value is -2.18. The number of carboxylic acid groups (broad SMARTS) is 1. The highest BCUT2D eigenvalue weighted by Gasteiger charge is 2.31. The normalized spacial score (nSPS) is 22.4. The second kappa shape index (κ2) is 5.85. The molecule has 7 nitrogen and oxygen atoms in total. The molecule has 1 saturated heterocycles. The Morgan fingerprint density at radius 3 is 2.85 bits per heavy atom. The van der Waals surface area contributed by atoms with E-state index in [0.29, 0.717) is 24.6 Å². The molecule has 0 aliphatic carbocycles. The summed E-state index contributed by atoms with van der Waals surface area (Å²) >= 11 is 0. The van der Waals surface area contributed by atoms with Gasteiger partial charge in [-0.1, -0.05) is 6.92 Å². The Morgan fingerprint density at radius 1 is 1.45 bits per heavy atom. The fourth-order valence-corrected chi connectivity index (χ4v) is 2.41. The molecule has 20 heavy (non-hydrogen) atoms. The van der Waals surface area contributed by atoms with Crippen molar-refractivity contribution < 1.29 is 14.7 Å². The molecule has 2 heterocycles. The number of anilines is 1. The molecule has 0 saturated carbocycles. The molecular weight excluding hydrogens is 260 g/mol. The van der Waals surface area contributed by atoms with E-state index >= 15 is 0 Å². The number of nitrogens with one attached hydrogen (secondary N) is 1. The van der Waals surface area contributed by atoms with Crippen molar-refractivity contribution in [2.24, 2.45) is 11.8 Å². The van der Waals surface area contributed by atoms with Gasteiger partial charge in [0.05, 0.1) is 5.92 Å². The van der Waals surface area contributed by atoms with E-state index in [4.69, 9.17) is 5.11 Å². The van der Waals surface area contributed by atoms with E-state index in [1.807, 2.05) is 6.92 Å². The summed E-state index contributed by atoms with van der Waals surface area (Å²) in [6, 6.07) is 1.29. The molecule has 1 aliphatic heterocycles. The summed E-state index contributed by atoms with van der Waals surface area (Å²) in [4.78, 5) is 32.8. The molecule has 108 valence electrons. The van der Waals surface area contributed by atoms with Crippen LogP contribution >= 0.6 is 0 Å². The van der Waals surface area contributed by atoms with Gasteiger partial charge in [-0.15, -0.1) is 0 Å². The lowest BCUT2D eigenvalue weighted by atomic mass is 9.91. The van der Waals surface area contributed by atoms with Gasteiger partial charge < -0.3 is 10.0 Å². The lowest BCUT2D eigenvalue weighted by molar-refractivity contribution is -0.143. The second-order valence-corrected chi connectivity index (χ2v) is 5.20. The molecule has 2 rings (SSSR count). The van der Waals surface area contributed by atoms with Gasteiger partial charge in [-0.05, 0) is 25.3 Å². The third-order valence-electron chi connectivity index (χ3n) is 3.31. The molecule has 2 amide bonds. The van der Waals surface area contributed by atoms with Crippen LogP contribution in [-0.4, -0.2) is 45.1 Å². The molecule has 1 fully saturated rings. The molecule has 1 aromatic heterocycles. The van der Waals surface area contributed by atoms with Crippen molar-refractivity contribution in [3.05, 3.63) is 18.1 Å². The topological polar surface area (TPSA) is 95.4 Å². The minimum absolute atomic E-state index is 0.169. The number of nitrogens with zero attached hydrogens (tertiary/aromatic N) is 3. The fourth-order valence-electron chi connectivity index (χ4n) is 2.41. The highest BCUT2D eigenvalue weighted by molar-refractivity contribution is 5.88. The number of amides is 2. The van der Waals surface area contributed by atoms with Gasteiger partial charge >= 0.3 is 12.0 Å². The van der Waals surface area contributed by atoms with Gasteiger partial charge in [0, 0.05) is 19.3 Å². The Morgan fingerprint density at radius 2 is 2.20 bits per heavy atom. The first-order valence-corrected chi connectivity index (χ1v) is 6.54. The minimum Gasteiger partial charge on any atom is -0.481 e. The van der Waals surface area contributed by atoms with E-state index < -0.39 is 11.9 Å². The van der Waals surface area contributed by atoms with Crippen molar-refractivity contribution >= 4 is 17.8 Å². The zero-order chi connectivity index (χ0) is 14.7. The summed E-state index contributed by atoms with van der Waals surface area (Å²) in [5.74, 6) is -0.197. The Labute approximate surface area is 117 Å². The molecule has 2 N–H and O–H groups in total. The van der Waals surface area contributed by atoms with E-state index in [0.717, 1.165) is 0 Å². The number of hydrogen-bond donors (Lipinski definition) is 2. The third-order valence-corrected chi connectivity index (χ3v) is 3.31. The maximum Gasteiger partial charge on any atom is 0.323 e. The summed E-state index contributed by atoms with van der Waals surface area (Å²) in [6.07, 6.45) is 2.17. The van der Waals surface area contributed by atoms with E-state index in [9.17, 15) is 9.59 Å². The summed E-state index contributed by atoms with van der Waals surface area (Å²) in [5, 5.41) is 11.8. The molecule has 2 unspecified atom stereocenters. The molecule has 2 atom stereocenters. The first-order chi connectivity index (χ1) is 9.45. The summed E-state index contributed by atoms with van der Waals surface area (Å²) in [6.45, 7) is 4.47. The smallest absolute Gasteiger partial charge is 0.323 e. The standard InChI is InChI=1S/C13H18N4O3/c1-8-5-10(12(18)19)7-17(6-8)13(20)16-11-3-4-14-9(2)15-11/h3-4,8,10H,5-7H2,1-2H3,(H,18,19)(H,14,15,16,20). The number of carbonyl (C=O) groups excluding carboxylic acids is 1. The average Bonchev–Trinajstić information content (AvgIpc) is 2.37. The number of piperidine rings is 1. The SMILES string of the molecule is Cc1nccc(NC(=O)N2CC(C)CC(C(=O)O)C2)n1. The summed E-state index contributed by atoms with van der Waals surface area (Å²) in [7, 11) is 0. The van der Waals surface area contributed by atoms with Gasteiger partial charge in [-0.25, -0.2) is 14.8 Å². The van der Waals surface area contributed by atoms with Crippen molar-refractivity contribution in [2.45, 2.75) is 20.3 Å². The number of rotatable bonds is 2. The predicted octanol–water partition coefficient (Wildman–Crippen LogP) is 1.36. The van der Waals surface area contributed by atoms with E-state index in [2.05, 4.69) is 15.3 Å². The quantitative estimate of drug-likeness (QED) is 0.851. The Kier molecular flexibility index (Phi) is 4.16. The minimum atomic E-state index is -0.854. The number of aromatic nitrogens is 2. The van der Waals surface area contributed by atoms with Gasteiger partial charge in [-0.3, -0.25) is 10.1 Å². The number of hydrogen-bond acceptors (Lipinski definition) is 4. The number of carbonyl (C=O) groups is 2. The van der Waals surface area contributed by atoms with Crippen LogP contribution in [-0.2, 0) is 4.79 Å². The van der Waals surface area contributed by atoms with Crippen LogP contribution in [0.5, 0.6) is 0 Å². The number of likely N-dealkylation sites (tertiary alicyclic amines) is 1. The lowest BCUT2D eigenvalue weighted by Crippen LogP contribution is -2.47. The third kappa shape index (κ3) is 3.43. The predicted molar refractivity (Wildman–Crippen MR) is 72.3 cm³/mol. The first kappa shape index (κ1) is 14.2. The highest BCUT2D eigenvalue weighted by atomic mass is 16.4. The fraction of sp³-hybridized carbons (Fsp3) is 0.538. The van der Waals surface area contributed by atoms with Crippen LogP contribution in [0, 0.1) is 18.8 Å². The van der Waals surface area contributed by atoms with Crippen LogP contribution in [0.15, 0.2) is 12.3 Å². The Balaban J connectivity index is 2.03. The van der Waals surface area contributed by atoms with Crippen molar-refractivity contribution in [3.8, 4) is 0 Å². The molecule has 1 aromatic rings. The molecule has 0 spiro atoms. The first-order valence-electron chi connectivity index (χ1n) is 6.54. The van der Waals surface area contributed by atoms with Crippen LogP contribution in [0.2, 0.25) is 0 Å².